The first-order chi connectivity index (χ1) is 7.54. The molecule has 16 heavy (non-hydrogen) atoms. The van der Waals surface area contributed by atoms with E-state index in [4.69, 9.17) is 0 Å². The number of phenols is 2. The number of amides is 2. The minimum absolute atomic E-state index is 0.0231. The lowest BCUT2D eigenvalue weighted by molar-refractivity contribution is -0.124. The van der Waals surface area contributed by atoms with Gasteiger partial charge in [0.05, 0.1) is 6.42 Å². The third kappa shape index (κ3) is 2.03. The maximum absolute atomic E-state index is 11.2. The topological polar surface area (TPSA) is 86.6 Å². The quantitative estimate of drug-likeness (QED) is 0.475. The number of rotatable bonds is 1. The summed E-state index contributed by atoms with van der Waals surface area (Å²) in [6, 6.07) is 3.97. The minimum atomic E-state index is -0.437. The predicted molar refractivity (Wildman–Crippen MR) is 55.5 cm³/mol. The summed E-state index contributed by atoms with van der Waals surface area (Å²) in [5, 5.41) is 20.6. The lowest BCUT2D eigenvalue weighted by Crippen LogP contribution is -2.19. The molecule has 0 unspecified atom stereocenters. The van der Waals surface area contributed by atoms with Crippen LogP contribution in [0.25, 0.3) is 6.08 Å². The first-order valence-corrected chi connectivity index (χ1v) is 4.62. The summed E-state index contributed by atoms with van der Waals surface area (Å²) in [5.74, 6) is -0.985. The average Bonchev–Trinajstić information content (AvgIpc) is 2.43. The van der Waals surface area contributed by atoms with Gasteiger partial charge in [-0.15, -0.1) is 0 Å². The van der Waals surface area contributed by atoms with Crippen molar-refractivity contribution < 1.29 is 19.8 Å². The largest absolute Gasteiger partial charge is 0.508 e. The second kappa shape index (κ2) is 3.69. The van der Waals surface area contributed by atoms with Gasteiger partial charge in [-0.3, -0.25) is 14.9 Å². The van der Waals surface area contributed by atoms with E-state index in [1.165, 1.54) is 24.3 Å². The zero-order valence-corrected chi connectivity index (χ0v) is 8.23. The lowest BCUT2D eigenvalue weighted by Gasteiger charge is -1.99. The number of imide groups is 1. The molecule has 0 spiro atoms. The first kappa shape index (κ1) is 10.2. The summed E-state index contributed by atoms with van der Waals surface area (Å²) in [6.45, 7) is 0. The van der Waals surface area contributed by atoms with Crippen LogP contribution in [-0.4, -0.2) is 22.0 Å². The molecular weight excluding hydrogens is 210 g/mol. The van der Waals surface area contributed by atoms with E-state index in [9.17, 15) is 19.8 Å². The molecule has 1 aromatic rings. The lowest BCUT2D eigenvalue weighted by atomic mass is 10.1. The van der Waals surface area contributed by atoms with Gasteiger partial charge in [0.25, 0.3) is 5.91 Å². The van der Waals surface area contributed by atoms with Gasteiger partial charge in [0.15, 0.2) is 0 Å². The number of hydrogen-bond donors (Lipinski definition) is 3. The molecule has 1 aliphatic rings. The Morgan fingerprint density at radius 2 is 1.75 bits per heavy atom. The maximum atomic E-state index is 11.2. The van der Waals surface area contributed by atoms with Crippen molar-refractivity contribution in [3.63, 3.8) is 0 Å². The van der Waals surface area contributed by atoms with Crippen molar-refractivity contribution in [3.05, 3.63) is 29.3 Å². The van der Waals surface area contributed by atoms with E-state index >= 15 is 0 Å². The molecule has 5 nitrogen and oxygen atoms in total. The van der Waals surface area contributed by atoms with Crippen LogP contribution in [0.5, 0.6) is 11.5 Å². The number of benzene rings is 1. The fourth-order valence-corrected chi connectivity index (χ4v) is 1.52. The fraction of sp³-hybridized carbons (Fsp3) is 0.0909. The van der Waals surface area contributed by atoms with Crippen molar-refractivity contribution in [1.29, 1.82) is 0 Å². The smallest absolute Gasteiger partial charge is 0.254 e. The number of hydrogen-bond acceptors (Lipinski definition) is 4. The monoisotopic (exact) mass is 219 g/mol. The molecule has 0 radical (unpaired) electrons. The minimum Gasteiger partial charge on any atom is -0.508 e. The molecule has 1 saturated heterocycles. The zero-order valence-electron chi connectivity index (χ0n) is 8.23. The Labute approximate surface area is 91.0 Å². The molecule has 0 aliphatic carbocycles. The van der Waals surface area contributed by atoms with Gasteiger partial charge in [0.2, 0.25) is 5.91 Å². The van der Waals surface area contributed by atoms with Gasteiger partial charge in [-0.1, -0.05) is 0 Å². The predicted octanol–water partition coefficient (Wildman–Crippen LogP) is 0.528. The van der Waals surface area contributed by atoms with Crippen molar-refractivity contribution >= 4 is 17.9 Å². The maximum Gasteiger partial charge on any atom is 0.254 e. The molecule has 0 aromatic heterocycles. The van der Waals surface area contributed by atoms with Gasteiger partial charge in [-0.25, -0.2) is 0 Å². The summed E-state index contributed by atoms with van der Waals surface area (Å²) in [7, 11) is 0. The molecular formula is C11H9NO4. The Kier molecular flexibility index (Phi) is 2.36. The standard InChI is InChI=1S/C11H9NO4/c13-8-2-6(3-9(14)5-8)1-7-4-10(15)12-11(7)16/h1-3,5,13-14H,4H2,(H,12,15,16). The van der Waals surface area contributed by atoms with Gasteiger partial charge < -0.3 is 10.2 Å². The zero-order chi connectivity index (χ0) is 11.7. The highest BCUT2D eigenvalue weighted by Gasteiger charge is 2.23. The highest BCUT2D eigenvalue weighted by molar-refractivity contribution is 6.15. The first-order valence-electron chi connectivity index (χ1n) is 4.62. The highest BCUT2D eigenvalue weighted by atomic mass is 16.3. The van der Waals surface area contributed by atoms with Crippen molar-refractivity contribution in [1.82, 2.24) is 5.32 Å². The van der Waals surface area contributed by atoms with Crippen LogP contribution >= 0.6 is 0 Å². The van der Waals surface area contributed by atoms with Crippen molar-refractivity contribution in [2.45, 2.75) is 6.42 Å². The molecule has 1 fully saturated rings. The summed E-state index contributed by atoms with van der Waals surface area (Å²) in [6.07, 6.45) is 1.48. The van der Waals surface area contributed by atoms with E-state index in [1.54, 1.807) is 0 Å². The number of aromatic hydroxyl groups is 2. The molecule has 82 valence electrons. The van der Waals surface area contributed by atoms with Crippen LogP contribution in [0.1, 0.15) is 12.0 Å². The average molecular weight is 219 g/mol. The molecule has 0 saturated carbocycles. The molecule has 2 amide bonds. The molecule has 1 aliphatic heterocycles. The summed E-state index contributed by atoms with van der Waals surface area (Å²) in [4.78, 5) is 22.2. The van der Waals surface area contributed by atoms with E-state index in [-0.39, 0.29) is 23.8 Å². The number of phenolic OH excluding ortho intramolecular Hbond substituents is 2. The Morgan fingerprint density at radius 1 is 1.12 bits per heavy atom. The van der Waals surface area contributed by atoms with E-state index in [0.29, 0.717) is 11.1 Å². The van der Waals surface area contributed by atoms with Crippen molar-refractivity contribution in [2.24, 2.45) is 0 Å². The summed E-state index contributed by atoms with van der Waals surface area (Å²) in [5.41, 5.74) is 0.785. The van der Waals surface area contributed by atoms with Crippen LogP contribution in [0.15, 0.2) is 23.8 Å². The molecule has 0 bridgehead atoms. The second-order valence-electron chi connectivity index (χ2n) is 3.51. The third-order valence-electron chi connectivity index (χ3n) is 2.16. The normalized spacial score (nSPS) is 17.9. The number of carbonyl (C=O) groups is 2. The van der Waals surface area contributed by atoms with E-state index in [1.807, 2.05) is 0 Å². The van der Waals surface area contributed by atoms with Gasteiger partial charge in [-0.2, -0.15) is 0 Å². The molecule has 0 atom stereocenters. The third-order valence-corrected chi connectivity index (χ3v) is 2.16. The fourth-order valence-electron chi connectivity index (χ4n) is 1.52. The molecule has 2 rings (SSSR count). The van der Waals surface area contributed by atoms with Crippen molar-refractivity contribution in [3.8, 4) is 11.5 Å². The summed E-state index contributed by atoms with van der Waals surface area (Å²) < 4.78 is 0. The Morgan fingerprint density at radius 3 is 2.25 bits per heavy atom. The number of carbonyl (C=O) groups excluding carboxylic acids is 2. The Hall–Kier alpha value is -2.30. The van der Waals surface area contributed by atoms with E-state index < -0.39 is 5.91 Å². The summed E-state index contributed by atoms with van der Waals surface area (Å²) >= 11 is 0. The Balaban J connectivity index is 2.36. The van der Waals surface area contributed by atoms with Crippen LogP contribution in [0.2, 0.25) is 0 Å². The Bertz CT molecular complexity index is 484. The van der Waals surface area contributed by atoms with Crippen LogP contribution in [0.4, 0.5) is 0 Å². The molecule has 5 heteroatoms. The van der Waals surface area contributed by atoms with Crippen LogP contribution < -0.4 is 5.32 Å². The molecule has 3 N–H and O–H groups in total. The molecule has 1 heterocycles. The van der Waals surface area contributed by atoms with Crippen molar-refractivity contribution in [2.75, 3.05) is 0 Å². The van der Waals surface area contributed by atoms with E-state index in [2.05, 4.69) is 5.32 Å². The second-order valence-corrected chi connectivity index (χ2v) is 3.51. The van der Waals surface area contributed by atoms with Crippen LogP contribution in [0, 0.1) is 0 Å². The van der Waals surface area contributed by atoms with E-state index in [0.717, 1.165) is 0 Å². The molecule has 1 aromatic carbocycles. The van der Waals surface area contributed by atoms with Crippen LogP contribution in [0.3, 0.4) is 0 Å². The highest BCUT2D eigenvalue weighted by Crippen LogP contribution is 2.23. The van der Waals surface area contributed by atoms with Gasteiger partial charge >= 0.3 is 0 Å². The van der Waals surface area contributed by atoms with Crippen LogP contribution in [-0.2, 0) is 9.59 Å². The van der Waals surface area contributed by atoms with Gasteiger partial charge in [0, 0.05) is 11.6 Å². The number of nitrogens with one attached hydrogen (secondary N) is 1. The van der Waals surface area contributed by atoms with Gasteiger partial charge in [0.1, 0.15) is 11.5 Å². The van der Waals surface area contributed by atoms with Gasteiger partial charge in [-0.05, 0) is 23.8 Å². The SMILES string of the molecule is O=C1CC(=Cc2cc(O)cc(O)c2)C(=O)N1.